The highest BCUT2D eigenvalue weighted by molar-refractivity contribution is 6.08. The molecule has 80 valence electrons. The fraction of sp³-hybridized carbons (Fsp3) is 0.200. The van der Waals surface area contributed by atoms with Gasteiger partial charge in [-0.05, 0) is 12.1 Å². The monoisotopic (exact) mass is 208 g/mol. The average molecular weight is 208 g/mol. The van der Waals surface area contributed by atoms with Crippen molar-refractivity contribution in [2.24, 2.45) is 5.73 Å². The van der Waals surface area contributed by atoms with E-state index < -0.39 is 11.8 Å². The maximum absolute atomic E-state index is 11.5. The molecule has 0 spiro atoms. The minimum Gasteiger partial charge on any atom is -0.496 e. The van der Waals surface area contributed by atoms with Crippen LogP contribution >= 0.6 is 0 Å². The van der Waals surface area contributed by atoms with E-state index in [0.717, 1.165) is 0 Å². The van der Waals surface area contributed by atoms with E-state index in [1.54, 1.807) is 12.1 Å². The Bertz CT molecular complexity index is 402. The molecule has 1 rings (SSSR count). The molecule has 3 N–H and O–H groups in total. The highest BCUT2D eigenvalue weighted by Crippen LogP contribution is 2.21. The molecule has 0 aliphatic heterocycles. The zero-order valence-corrected chi connectivity index (χ0v) is 8.53. The molecule has 5 nitrogen and oxygen atoms in total. The summed E-state index contributed by atoms with van der Waals surface area (Å²) in [6.07, 6.45) is 0. The van der Waals surface area contributed by atoms with Crippen LogP contribution in [0.1, 0.15) is 20.7 Å². The fourth-order valence-corrected chi connectivity index (χ4v) is 1.27. The van der Waals surface area contributed by atoms with Crippen molar-refractivity contribution in [3.8, 4) is 5.75 Å². The number of rotatable bonds is 3. The lowest BCUT2D eigenvalue weighted by Gasteiger charge is -2.10. The number of primary amides is 1. The maximum atomic E-state index is 11.5. The standard InChI is InChI=1S/C10H12N2O3/c1-12-10(14)8-6(9(11)13)4-3-5-7(8)15-2/h3-5H,1-2H3,(H2,11,13)(H,12,14). The van der Waals surface area contributed by atoms with E-state index in [1.165, 1.54) is 20.2 Å². The average Bonchev–Trinajstić information content (AvgIpc) is 2.26. The van der Waals surface area contributed by atoms with Crippen LogP contribution in [-0.2, 0) is 0 Å². The van der Waals surface area contributed by atoms with Crippen LogP contribution in [-0.4, -0.2) is 26.0 Å². The lowest BCUT2D eigenvalue weighted by Crippen LogP contribution is -2.24. The molecule has 0 aliphatic rings. The minimum atomic E-state index is -0.660. The molecule has 5 heteroatoms. The Hall–Kier alpha value is -2.04. The summed E-state index contributed by atoms with van der Waals surface area (Å²) >= 11 is 0. The normalized spacial score (nSPS) is 9.47. The number of carbonyl (C=O) groups excluding carboxylic acids is 2. The van der Waals surface area contributed by atoms with Gasteiger partial charge in [-0.15, -0.1) is 0 Å². The maximum Gasteiger partial charge on any atom is 0.255 e. The van der Waals surface area contributed by atoms with Crippen molar-refractivity contribution in [2.45, 2.75) is 0 Å². The summed E-state index contributed by atoms with van der Waals surface area (Å²) in [6, 6.07) is 4.68. The molecule has 0 fully saturated rings. The van der Waals surface area contributed by atoms with Gasteiger partial charge in [-0.1, -0.05) is 6.07 Å². The molecule has 0 unspecified atom stereocenters. The third kappa shape index (κ3) is 2.07. The van der Waals surface area contributed by atoms with Crippen LogP contribution in [0.25, 0.3) is 0 Å². The fourth-order valence-electron chi connectivity index (χ4n) is 1.27. The molecule has 0 radical (unpaired) electrons. The van der Waals surface area contributed by atoms with E-state index in [9.17, 15) is 9.59 Å². The Morgan fingerprint density at radius 3 is 2.53 bits per heavy atom. The van der Waals surface area contributed by atoms with E-state index in [0.29, 0.717) is 5.75 Å². The molecule has 0 aliphatic carbocycles. The Morgan fingerprint density at radius 2 is 2.07 bits per heavy atom. The van der Waals surface area contributed by atoms with E-state index in [1.807, 2.05) is 0 Å². The first kappa shape index (κ1) is 11.0. The Balaban J connectivity index is 3.40. The Labute approximate surface area is 87.2 Å². The predicted octanol–water partition coefficient (Wildman–Crippen LogP) is 0.154. The number of nitrogens with one attached hydrogen (secondary N) is 1. The lowest BCUT2D eigenvalue weighted by molar-refractivity contribution is 0.0940. The van der Waals surface area contributed by atoms with E-state index >= 15 is 0 Å². The highest BCUT2D eigenvalue weighted by atomic mass is 16.5. The van der Waals surface area contributed by atoms with Crippen molar-refractivity contribution >= 4 is 11.8 Å². The third-order valence-corrected chi connectivity index (χ3v) is 1.97. The molecule has 2 amide bonds. The molecule has 0 bridgehead atoms. The van der Waals surface area contributed by atoms with Gasteiger partial charge in [0, 0.05) is 7.05 Å². The number of hydrogen-bond acceptors (Lipinski definition) is 3. The highest BCUT2D eigenvalue weighted by Gasteiger charge is 2.18. The number of hydrogen-bond donors (Lipinski definition) is 2. The van der Waals surface area contributed by atoms with Crippen LogP contribution in [0.2, 0.25) is 0 Å². The minimum absolute atomic E-state index is 0.147. The molecule has 15 heavy (non-hydrogen) atoms. The van der Waals surface area contributed by atoms with Crippen LogP contribution in [0.15, 0.2) is 18.2 Å². The lowest BCUT2D eigenvalue weighted by atomic mass is 10.1. The molecule has 1 aromatic rings. The molecule has 0 saturated carbocycles. The van der Waals surface area contributed by atoms with Gasteiger partial charge in [0.1, 0.15) is 5.75 Å². The second-order valence-electron chi connectivity index (χ2n) is 2.83. The SMILES string of the molecule is CNC(=O)c1c(OC)cccc1C(N)=O. The molecule has 1 aromatic carbocycles. The van der Waals surface area contributed by atoms with Gasteiger partial charge in [0.15, 0.2) is 0 Å². The first-order chi connectivity index (χ1) is 7.11. The molecule has 0 atom stereocenters. The van der Waals surface area contributed by atoms with Crippen LogP contribution < -0.4 is 15.8 Å². The summed E-state index contributed by atoms with van der Waals surface area (Å²) in [5.74, 6) is -0.737. The van der Waals surface area contributed by atoms with Crippen LogP contribution in [0.4, 0.5) is 0 Å². The van der Waals surface area contributed by atoms with E-state index in [4.69, 9.17) is 10.5 Å². The first-order valence-corrected chi connectivity index (χ1v) is 4.30. The van der Waals surface area contributed by atoms with Crippen molar-refractivity contribution in [1.29, 1.82) is 0 Å². The van der Waals surface area contributed by atoms with Gasteiger partial charge in [0.05, 0.1) is 18.2 Å². The van der Waals surface area contributed by atoms with Crippen molar-refractivity contribution < 1.29 is 14.3 Å². The summed E-state index contributed by atoms with van der Waals surface area (Å²) in [7, 11) is 2.89. The Kier molecular flexibility index (Phi) is 3.28. The quantitative estimate of drug-likeness (QED) is 0.742. The van der Waals surface area contributed by atoms with E-state index in [-0.39, 0.29) is 11.1 Å². The second kappa shape index (κ2) is 4.45. The van der Waals surface area contributed by atoms with Crippen LogP contribution in [0.5, 0.6) is 5.75 Å². The van der Waals surface area contributed by atoms with Gasteiger partial charge >= 0.3 is 0 Å². The van der Waals surface area contributed by atoms with Gasteiger partial charge in [0.25, 0.3) is 5.91 Å². The van der Waals surface area contributed by atoms with Crippen LogP contribution in [0.3, 0.4) is 0 Å². The van der Waals surface area contributed by atoms with Crippen molar-refractivity contribution in [1.82, 2.24) is 5.32 Å². The van der Waals surface area contributed by atoms with Gasteiger partial charge in [-0.3, -0.25) is 9.59 Å². The van der Waals surface area contributed by atoms with Gasteiger partial charge in [0.2, 0.25) is 5.91 Å². The smallest absolute Gasteiger partial charge is 0.255 e. The van der Waals surface area contributed by atoms with Crippen LogP contribution in [0, 0.1) is 0 Å². The second-order valence-corrected chi connectivity index (χ2v) is 2.83. The summed E-state index contributed by atoms with van der Waals surface area (Å²) in [4.78, 5) is 22.6. The van der Waals surface area contributed by atoms with Gasteiger partial charge < -0.3 is 15.8 Å². The summed E-state index contributed by atoms with van der Waals surface area (Å²) in [5.41, 5.74) is 5.47. The van der Waals surface area contributed by atoms with Crippen molar-refractivity contribution in [3.63, 3.8) is 0 Å². The predicted molar refractivity (Wildman–Crippen MR) is 54.9 cm³/mol. The molecule has 0 saturated heterocycles. The van der Waals surface area contributed by atoms with Crippen molar-refractivity contribution in [3.05, 3.63) is 29.3 Å². The number of methoxy groups -OCH3 is 1. The molecular formula is C10H12N2O3. The van der Waals surface area contributed by atoms with E-state index in [2.05, 4.69) is 5.32 Å². The largest absolute Gasteiger partial charge is 0.496 e. The van der Waals surface area contributed by atoms with Gasteiger partial charge in [-0.2, -0.15) is 0 Å². The first-order valence-electron chi connectivity index (χ1n) is 4.30. The van der Waals surface area contributed by atoms with Gasteiger partial charge in [-0.25, -0.2) is 0 Å². The van der Waals surface area contributed by atoms with Crippen molar-refractivity contribution in [2.75, 3.05) is 14.2 Å². The third-order valence-electron chi connectivity index (χ3n) is 1.97. The number of benzene rings is 1. The number of nitrogens with two attached hydrogens (primary N) is 1. The zero-order chi connectivity index (χ0) is 11.4. The molecular weight excluding hydrogens is 196 g/mol. The summed E-state index contributed by atoms with van der Waals surface area (Å²) < 4.78 is 4.99. The molecule has 0 aromatic heterocycles. The number of ether oxygens (including phenoxy) is 1. The molecule has 0 heterocycles. The Morgan fingerprint density at radius 1 is 1.40 bits per heavy atom. The topological polar surface area (TPSA) is 81.4 Å². The number of carbonyl (C=O) groups is 2. The number of amides is 2. The summed E-state index contributed by atoms with van der Waals surface area (Å²) in [6.45, 7) is 0. The zero-order valence-electron chi connectivity index (χ0n) is 8.53. The summed E-state index contributed by atoms with van der Waals surface area (Å²) in [5, 5.41) is 2.42.